The van der Waals surface area contributed by atoms with Crippen LogP contribution in [0.2, 0.25) is 0 Å². The Bertz CT molecular complexity index is 964. The summed E-state index contributed by atoms with van der Waals surface area (Å²) in [5, 5.41) is -0.0431. The van der Waals surface area contributed by atoms with Crippen LogP contribution in [0.1, 0.15) is 26.9 Å². The molecule has 1 unspecified atom stereocenters. The second kappa shape index (κ2) is 8.84. The maximum absolute atomic E-state index is 13.1. The lowest BCUT2D eigenvalue weighted by molar-refractivity contribution is 0.0758. The van der Waals surface area contributed by atoms with Gasteiger partial charge in [0.2, 0.25) is 0 Å². The quantitative estimate of drug-likeness (QED) is 0.480. The Morgan fingerprint density at radius 2 is 1.82 bits per heavy atom. The van der Waals surface area contributed by atoms with Gasteiger partial charge in [-0.25, -0.2) is 0 Å². The van der Waals surface area contributed by atoms with Crippen LogP contribution < -0.4 is 4.74 Å². The van der Waals surface area contributed by atoms with E-state index in [-0.39, 0.29) is 11.3 Å². The standard InChI is InChI=1S/C23H20BrNO2S/c24-19-10-6-9-18(15-19)22(26)25-13-14-28-23(25)20-11-4-5-12-21(20)27-16-17-7-2-1-3-8-17/h1-12,15,23H,13-14,16H2. The highest BCUT2D eigenvalue weighted by Crippen LogP contribution is 2.42. The van der Waals surface area contributed by atoms with Crippen LogP contribution >= 0.6 is 27.7 Å². The molecule has 5 heteroatoms. The van der Waals surface area contributed by atoms with Crippen LogP contribution in [0.15, 0.2) is 83.3 Å². The van der Waals surface area contributed by atoms with Gasteiger partial charge in [-0.3, -0.25) is 4.79 Å². The van der Waals surface area contributed by atoms with Crippen LogP contribution in [0.25, 0.3) is 0 Å². The summed E-state index contributed by atoms with van der Waals surface area (Å²) in [6, 6.07) is 25.7. The van der Waals surface area contributed by atoms with Crippen LogP contribution in [0, 0.1) is 0 Å². The number of benzene rings is 3. The SMILES string of the molecule is O=C(c1cccc(Br)c1)N1CCSC1c1ccccc1OCc1ccccc1. The number of thioether (sulfide) groups is 1. The van der Waals surface area contributed by atoms with E-state index in [0.29, 0.717) is 12.2 Å². The van der Waals surface area contributed by atoms with Gasteiger partial charge in [-0.1, -0.05) is 70.5 Å². The number of amides is 1. The average Bonchev–Trinajstić information content (AvgIpc) is 3.22. The van der Waals surface area contributed by atoms with Gasteiger partial charge in [-0.15, -0.1) is 11.8 Å². The highest BCUT2D eigenvalue weighted by atomic mass is 79.9. The summed E-state index contributed by atoms with van der Waals surface area (Å²) in [5.41, 5.74) is 2.87. The fourth-order valence-electron chi connectivity index (χ4n) is 3.27. The number of hydrogen-bond acceptors (Lipinski definition) is 3. The summed E-state index contributed by atoms with van der Waals surface area (Å²) in [6.45, 7) is 1.24. The van der Waals surface area contributed by atoms with Gasteiger partial charge in [-0.05, 0) is 29.8 Å². The Hall–Kier alpha value is -2.24. The van der Waals surface area contributed by atoms with Gasteiger partial charge in [0, 0.05) is 27.9 Å². The first-order chi connectivity index (χ1) is 13.7. The molecule has 3 nitrogen and oxygen atoms in total. The van der Waals surface area contributed by atoms with E-state index in [1.54, 1.807) is 11.8 Å². The first-order valence-corrected chi connectivity index (χ1v) is 11.0. The largest absolute Gasteiger partial charge is 0.489 e. The number of ether oxygens (including phenoxy) is 1. The molecular formula is C23H20BrNO2S. The molecule has 4 rings (SSSR count). The summed E-state index contributed by atoms with van der Waals surface area (Å²) < 4.78 is 7.04. The topological polar surface area (TPSA) is 29.5 Å². The third-order valence-corrected chi connectivity index (χ3v) is 6.38. The number of halogens is 1. The number of para-hydroxylation sites is 1. The number of carbonyl (C=O) groups excluding carboxylic acids is 1. The molecule has 3 aromatic rings. The van der Waals surface area contributed by atoms with E-state index in [9.17, 15) is 4.79 Å². The van der Waals surface area contributed by atoms with Gasteiger partial charge in [0.1, 0.15) is 17.7 Å². The van der Waals surface area contributed by atoms with Crippen LogP contribution in [0.3, 0.4) is 0 Å². The van der Waals surface area contributed by atoms with Crippen molar-refractivity contribution < 1.29 is 9.53 Å². The molecule has 0 bridgehead atoms. The zero-order valence-corrected chi connectivity index (χ0v) is 17.7. The monoisotopic (exact) mass is 453 g/mol. The van der Waals surface area contributed by atoms with Crippen molar-refractivity contribution in [2.24, 2.45) is 0 Å². The Balaban J connectivity index is 1.57. The van der Waals surface area contributed by atoms with Crippen LogP contribution in [0.4, 0.5) is 0 Å². The van der Waals surface area contributed by atoms with Gasteiger partial charge in [0.05, 0.1) is 0 Å². The molecule has 142 valence electrons. The van der Waals surface area contributed by atoms with E-state index >= 15 is 0 Å². The predicted octanol–water partition coefficient (Wildman–Crippen LogP) is 5.92. The van der Waals surface area contributed by atoms with Crippen LogP contribution in [-0.4, -0.2) is 23.1 Å². The molecule has 0 spiro atoms. The van der Waals surface area contributed by atoms with Crippen molar-refractivity contribution in [3.05, 3.63) is 100 Å². The fraction of sp³-hybridized carbons (Fsp3) is 0.174. The molecule has 28 heavy (non-hydrogen) atoms. The molecule has 1 heterocycles. The summed E-state index contributed by atoms with van der Waals surface area (Å²) in [4.78, 5) is 15.1. The third kappa shape index (κ3) is 4.26. The lowest BCUT2D eigenvalue weighted by atomic mass is 10.1. The third-order valence-electron chi connectivity index (χ3n) is 4.65. The molecule has 1 aliphatic heterocycles. The molecule has 0 radical (unpaired) electrons. The molecular weight excluding hydrogens is 434 g/mol. The minimum atomic E-state index is -0.0431. The Labute approximate surface area is 177 Å². The van der Waals surface area contributed by atoms with Crippen LogP contribution in [-0.2, 0) is 6.61 Å². The molecule has 1 amide bonds. The van der Waals surface area contributed by atoms with E-state index in [0.717, 1.165) is 33.6 Å². The van der Waals surface area contributed by atoms with Gasteiger partial charge < -0.3 is 9.64 Å². The highest BCUT2D eigenvalue weighted by molar-refractivity contribution is 9.10. The highest BCUT2D eigenvalue weighted by Gasteiger charge is 2.33. The second-order valence-corrected chi connectivity index (χ2v) is 8.65. The van der Waals surface area contributed by atoms with Crippen molar-refractivity contribution in [1.82, 2.24) is 4.90 Å². The normalized spacial score (nSPS) is 16.2. The molecule has 0 aromatic heterocycles. The second-order valence-electron chi connectivity index (χ2n) is 6.54. The lowest BCUT2D eigenvalue weighted by Gasteiger charge is -2.26. The minimum Gasteiger partial charge on any atom is -0.489 e. The summed E-state index contributed by atoms with van der Waals surface area (Å²) in [7, 11) is 0. The molecule has 1 atom stereocenters. The van der Waals surface area contributed by atoms with Crippen molar-refractivity contribution in [2.45, 2.75) is 12.0 Å². The van der Waals surface area contributed by atoms with Crippen molar-refractivity contribution in [3.63, 3.8) is 0 Å². The number of hydrogen-bond donors (Lipinski definition) is 0. The lowest BCUT2D eigenvalue weighted by Crippen LogP contribution is -2.30. The summed E-state index contributed by atoms with van der Waals surface area (Å²) >= 11 is 5.24. The average molecular weight is 454 g/mol. The Kier molecular flexibility index (Phi) is 6.03. The maximum atomic E-state index is 13.1. The van der Waals surface area contributed by atoms with Crippen molar-refractivity contribution in [3.8, 4) is 5.75 Å². The van der Waals surface area contributed by atoms with Crippen LogP contribution in [0.5, 0.6) is 5.75 Å². The summed E-state index contributed by atoms with van der Waals surface area (Å²) in [5.74, 6) is 1.80. The van der Waals surface area contributed by atoms with E-state index in [1.807, 2.05) is 65.6 Å². The molecule has 0 saturated carbocycles. The zero-order chi connectivity index (χ0) is 19.3. The zero-order valence-electron chi connectivity index (χ0n) is 15.3. The number of rotatable bonds is 5. The van der Waals surface area contributed by atoms with Gasteiger partial charge in [0.15, 0.2) is 0 Å². The van der Waals surface area contributed by atoms with Crippen molar-refractivity contribution in [1.29, 1.82) is 0 Å². The minimum absolute atomic E-state index is 0.0431. The van der Waals surface area contributed by atoms with Crippen molar-refractivity contribution in [2.75, 3.05) is 12.3 Å². The van der Waals surface area contributed by atoms with Crippen molar-refractivity contribution >= 4 is 33.6 Å². The first kappa shape index (κ1) is 19.1. The van der Waals surface area contributed by atoms with E-state index < -0.39 is 0 Å². The maximum Gasteiger partial charge on any atom is 0.255 e. The fourth-order valence-corrected chi connectivity index (χ4v) is 4.95. The first-order valence-electron chi connectivity index (χ1n) is 9.16. The number of nitrogens with zero attached hydrogens (tertiary/aromatic N) is 1. The molecule has 1 fully saturated rings. The number of carbonyl (C=O) groups is 1. The summed E-state index contributed by atoms with van der Waals surface area (Å²) in [6.07, 6.45) is 0. The van der Waals surface area contributed by atoms with Gasteiger partial charge in [-0.2, -0.15) is 0 Å². The molecule has 3 aromatic carbocycles. The molecule has 0 aliphatic carbocycles. The Morgan fingerprint density at radius 3 is 2.64 bits per heavy atom. The van der Waals surface area contributed by atoms with E-state index in [4.69, 9.17) is 4.74 Å². The smallest absolute Gasteiger partial charge is 0.255 e. The van der Waals surface area contributed by atoms with E-state index in [2.05, 4.69) is 34.1 Å². The van der Waals surface area contributed by atoms with Gasteiger partial charge >= 0.3 is 0 Å². The van der Waals surface area contributed by atoms with E-state index in [1.165, 1.54) is 0 Å². The van der Waals surface area contributed by atoms with Gasteiger partial charge in [0.25, 0.3) is 5.91 Å². The Morgan fingerprint density at radius 1 is 1.04 bits per heavy atom. The molecule has 1 aliphatic rings. The molecule has 1 saturated heterocycles. The predicted molar refractivity (Wildman–Crippen MR) is 118 cm³/mol. The molecule has 0 N–H and O–H groups in total.